The molecular weight excluding hydrogens is 316 g/mol. The van der Waals surface area contributed by atoms with Crippen molar-refractivity contribution in [1.82, 2.24) is 0 Å². The Morgan fingerprint density at radius 2 is 1.71 bits per heavy atom. The van der Waals surface area contributed by atoms with E-state index in [-0.39, 0.29) is 6.61 Å². The van der Waals surface area contributed by atoms with Gasteiger partial charge in [-0.1, -0.05) is 24.8 Å². The van der Waals surface area contributed by atoms with Crippen LogP contribution in [0.5, 0.6) is 0 Å². The Labute approximate surface area is 139 Å². The number of esters is 3. The zero-order valence-electron chi connectivity index (χ0n) is 13.4. The summed E-state index contributed by atoms with van der Waals surface area (Å²) < 4.78 is 20.7. The van der Waals surface area contributed by atoms with E-state index in [0.29, 0.717) is 11.1 Å². The Kier molecular flexibility index (Phi) is 5.70. The first-order valence-corrected chi connectivity index (χ1v) is 7.29. The average Bonchev–Trinajstić information content (AvgIpc) is 2.81. The molecule has 7 nitrogen and oxygen atoms in total. The van der Waals surface area contributed by atoms with Gasteiger partial charge in [-0.3, -0.25) is 9.59 Å². The molecule has 0 spiro atoms. The lowest BCUT2D eigenvalue weighted by molar-refractivity contribution is -0.195. The Bertz CT molecular complexity index is 638. The molecule has 0 saturated carbocycles. The highest BCUT2D eigenvalue weighted by molar-refractivity contribution is 5.89. The molecule has 1 fully saturated rings. The monoisotopic (exact) mass is 334 g/mol. The van der Waals surface area contributed by atoms with Crippen LogP contribution in [0.2, 0.25) is 0 Å². The Morgan fingerprint density at radius 3 is 2.29 bits per heavy atom. The molecule has 24 heavy (non-hydrogen) atoms. The summed E-state index contributed by atoms with van der Waals surface area (Å²) in [7, 11) is 0. The lowest BCUT2D eigenvalue weighted by atomic mass is 10.1. The van der Waals surface area contributed by atoms with Crippen LogP contribution in [0, 0.1) is 0 Å². The van der Waals surface area contributed by atoms with Gasteiger partial charge in [0.05, 0.1) is 5.56 Å². The van der Waals surface area contributed by atoms with E-state index in [4.69, 9.17) is 18.9 Å². The predicted octanol–water partition coefficient (Wildman–Crippen LogP) is 1.62. The topological polar surface area (TPSA) is 88.1 Å². The van der Waals surface area contributed by atoms with Crippen LogP contribution < -0.4 is 0 Å². The van der Waals surface area contributed by atoms with E-state index in [9.17, 15) is 14.4 Å². The number of carbonyl (C=O) groups is 3. The number of ether oxygens (including phenoxy) is 4. The SMILES string of the molecule is C=C1C(COC(=O)c2ccccc2)OC(OC(C)=O)C1OC(C)=O. The summed E-state index contributed by atoms with van der Waals surface area (Å²) in [6.07, 6.45) is -2.79. The molecule has 1 aromatic rings. The van der Waals surface area contributed by atoms with Gasteiger partial charge in [-0.2, -0.15) is 0 Å². The molecule has 3 atom stereocenters. The number of benzene rings is 1. The van der Waals surface area contributed by atoms with E-state index in [0.717, 1.165) is 0 Å². The molecular formula is C17H18O7. The van der Waals surface area contributed by atoms with Gasteiger partial charge < -0.3 is 18.9 Å². The van der Waals surface area contributed by atoms with Crippen molar-refractivity contribution in [3.05, 3.63) is 48.0 Å². The zero-order valence-corrected chi connectivity index (χ0v) is 13.4. The van der Waals surface area contributed by atoms with Crippen LogP contribution >= 0.6 is 0 Å². The third-order valence-electron chi connectivity index (χ3n) is 3.27. The minimum Gasteiger partial charge on any atom is -0.459 e. The smallest absolute Gasteiger partial charge is 0.338 e. The molecule has 1 saturated heterocycles. The van der Waals surface area contributed by atoms with Crippen LogP contribution in [0.25, 0.3) is 0 Å². The Hall–Kier alpha value is -2.67. The molecule has 1 aliphatic rings. The van der Waals surface area contributed by atoms with Crippen LogP contribution in [0.4, 0.5) is 0 Å². The fraction of sp³-hybridized carbons (Fsp3) is 0.353. The highest BCUT2D eigenvalue weighted by Gasteiger charge is 2.43. The van der Waals surface area contributed by atoms with Gasteiger partial charge in [-0.05, 0) is 12.1 Å². The maximum absolute atomic E-state index is 11.9. The van der Waals surface area contributed by atoms with Crippen LogP contribution in [-0.4, -0.2) is 43.0 Å². The van der Waals surface area contributed by atoms with Crippen molar-refractivity contribution in [1.29, 1.82) is 0 Å². The Balaban J connectivity index is 2.00. The maximum Gasteiger partial charge on any atom is 0.338 e. The molecule has 0 amide bonds. The van der Waals surface area contributed by atoms with E-state index in [1.807, 2.05) is 0 Å². The second-order valence-corrected chi connectivity index (χ2v) is 5.17. The lowest BCUT2D eigenvalue weighted by Crippen LogP contribution is -2.31. The van der Waals surface area contributed by atoms with Crippen molar-refractivity contribution in [2.75, 3.05) is 6.61 Å². The Morgan fingerprint density at radius 1 is 1.08 bits per heavy atom. The summed E-state index contributed by atoms with van der Waals surface area (Å²) in [5.74, 6) is -1.68. The van der Waals surface area contributed by atoms with Crippen LogP contribution in [-0.2, 0) is 28.5 Å². The van der Waals surface area contributed by atoms with Gasteiger partial charge in [0.15, 0.2) is 6.10 Å². The summed E-state index contributed by atoms with van der Waals surface area (Å²) in [5, 5.41) is 0. The van der Waals surface area contributed by atoms with Gasteiger partial charge in [0.25, 0.3) is 0 Å². The molecule has 1 aromatic carbocycles. The molecule has 0 bridgehead atoms. The van der Waals surface area contributed by atoms with Crippen molar-refractivity contribution in [2.24, 2.45) is 0 Å². The van der Waals surface area contributed by atoms with Crippen LogP contribution in [0.1, 0.15) is 24.2 Å². The van der Waals surface area contributed by atoms with Crippen molar-refractivity contribution in [3.63, 3.8) is 0 Å². The van der Waals surface area contributed by atoms with E-state index in [1.165, 1.54) is 13.8 Å². The first-order chi connectivity index (χ1) is 11.4. The summed E-state index contributed by atoms with van der Waals surface area (Å²) in [4.78, 5) is 34.3. The number of hydrogen-bond donors (Lipinski definition) is 0. The molecule has 2 rings (SSSR count). The van der Waals surface area contributed by atoms with E-state index in [2.05, 4.69) is 6.58 Å². The van der Waals surface area contributed by atoms with Crippen molar-refractivity contribution < 1.29 is 33.3 Å². The molecule has 1 heterocycles. The predicted molar refractivity (Wildman–Crippen MR) is 81.8 cm³/mol. The second kappa shape index (κ2) is 7.74. The molecule has 0 radical (unpaired) electrons. The first kappa shape index (κ1) is 17.7. The van der Waals surface area contributed by atoms with Crippen molar-refractivity contribution in [2.45, 2.75) is 32.3 Å². The lowest BCUT2D eigenvalue weighted by Gasteiger charge is -2.17. The van der Waals surface area contributed by atoms with Gasteiger partial charge in [0.2, 0.25) is 6.29 Å². The minimum atomic E-state index is -1.11. The van der Waals surface area contributed by atoms with Crippen molar-refractivity contribution >= 4 is 17.9 Å². The standard InChI is InChI=1S/C17H18O7/c1-10-14(9-21-16(20)13-7-5-4-6-8-13)24-17(23-12(3)19)15(10)22-11(2)18/h4-8,14-15,17H,1,9H2,2-3H3. The van der Waals surface area contributed by atoms with Crippen LogP contribution in [0.15, 0.2) is 42.5 Å². The quantitative estimate of drug-likeness (QED) is 0.459. The third-order valence-corrected chi connectivity index (χ3v) is 3.27. The highest BCUT2D eigenvalue weighted by atomic mass is 16.7. The summed E-state index contributed by atoms with van der Waals surface area (Å²) in [6.45, 7) is 6.09. The van der Waals surface area contributed by atoms with Gasteiger partial charge >= 0.3 is 17.9 Å². The third kappa shape index (κ3) is 4.42. The molecule has 128 valence electrons. The average molecular weight is 334 g/mol. The maximum atomic E-state index is 11.9. The minimum absolute atomic E-state index is 0.137. The normalized spacial score (nSPS) is 22.8. The first-order valence-electron chi connectivity index (χ1n) is 7.29. The fourth-order valence-electron chi connectivity index (χ4n) is 2.20. The van der Waals surface area contributed by atoms with Gasteiger partial charge in [-0.25, -0.2) is 4.79 Å². The highest BCUT2D eigenvalue weighted by Crippen LogP contribution is 2.29. The summed E-state index contributed by atoms with van der Waals surface area (Å²) in [5.41, 5.74) is 0.756. The van der Waals surface area contributed by atoms with Crippen LogP contribution in [0.3, 0.4) is 0 Å². The molecule has 0 aliphatic carbocycles. The molecule has 7 heteroatoms. The molecule has 3 unspecified atom stereocenters. The molecule has 1 aliphatic heterocycles. The zero-order chi connectivity index (χ0) is 17.7. The summed E-state index contributed by atoms with van der Waals surface area (Å²) >= 11 is 0. The summed E-state index contributed by atoms with van der Waals surface area (Å²) in [6, 6.07) is 8.46. The number of hydrogen-bond acceptors (Lipinski definition) is 7. The molecule has 0 aromatic heterocycles. The van der Waals surface area contributed by atoms with Gasteiger partial charge in [-0.15, -0.1) is 0 Å². The largest absolute Gasteiger partial charge is 0.459 e. The van der Waals surface area contributed by atoms with E-state index >= 15 is 0 Å². The van der Waals surface area contributed by atoms with E-state index in [1.54, 1.807) is 30.3 Å². The van der Waals surface area contributed by atoms with E-state index < -0.39 is 36.4 Å². The number of rotatable bonds is 5. The van der Waals surface area contributed by atoms with Crippen molar-refractivity contribution in [3.8, 4) is 0 Å². The van der Waals surface area contributed by atoms with Gasteiger partial charge in [0.1, 0.15) is 12.7 Å². The second-order valence-electron chi connectivity index (χ2n) is 5.17. The fourth-order valence-corrected chi connectivity index (χ4v) is 2.20. The molecule has 0 N–H and O–H groups in total. The number of carbonyl (C=O) groups excluding carboxylic acids is 3. The van der Waals surface area contributed by atoms with Gasteiger partial charge in [0, 0.05) is 19.4 Å².